The van der Waals surface area contributed by atoms with Crippen LogP contribution < -0.4 is 5.46 Å². The summed E-state index contributed by atoms with van der Waals surface area (Å²) in [7, 11) is -1.11. The van der Waals surface area contributed by atoms with Gasteiger partial charge in [0.1, 0.15) is 0 Å². The average molecular weight is 212 g/mol. The second-order valence-corrected chi connectivity index (χ2v) is 3.35. The van der Waals surface area contributed by atoms with Crippen LogP contribution in [0.4, 0.5) is 0 Å². The van der Waals surface area contributed by atoms with E-state index in [0.29, 0.717) is 5.46 Å². The number of halogens is 1. The molecular weight excluding hydrogens is 206 g/mol. The first-order valence-electron chi connectivity index (χ1n) is 3.95. The van der Waals surface area contributed by atoms with Crippen molar-refractivity contribution in [2.45, 2.75) is 6.61 Å². The highest BCUT2D eigenvalue weighted by Gasteiger charge is 2.32. The normalized spacial score (nSPS) is 14.3. The summed E-state index contributed by atoms with van der Waals surface area (Å²) in [6.45, 7) is 0.260. The molecule has 6 heteroatoms. The number of hydrogen-bond donors (Lipinski definition) is 2. The molecule has 1 aromatic carbocycles. The second kappa shape index (κ2) is 3.27. The van der Waals surface area contributed by atoms with Gasteiger partial charge in [-0.25, -0.2) is 4.79 Å². The lowest BCUT2D eigenvalue weighted by Gasteiger charge is -2.04. The molecule has 0 amide bonds. The summed E-state index contributed by atoms with van der Waals surface area (Å²) in [6, 6.07) is 3.01. The molecule has 0 fully saturated rings. The van der Waals surface area contributed by atoms with E-state index in [4.69, 9.17) is 21.4 Å². The summed E-state index contributed by atoms with van der Waals surface area (Å²) in [4.78, 5) is 10.7. The SMILES string of the molecule is O=C(O)c1ccc2c(c1Cl)B(O)OC2. The quantitative estimate of drug-likeness (QED) is 0.655. The van der Waals surface area contributed by atoms with Crippen molar-refractivity contribution in [3.8, 4) is 0 Å². The minimum atomic E-state index is -1.11. The van der Waals surface area contributed by atoms with E-state index in [1.165, 1.54) is 6.07 Å². The molecule has 2 N–H and O–H groups in total. The first-order chi connectivity index (χ1) is 6.61. The zero-order valence-electron chi connectivity index (χ0n) is 7.03. The third kappa shape index (κ3) is 1.30. The smallest absolute Gasteiger partial charge is 0.478 e. The molecule has 0 aromatic heterocycles. The molecule has 1 aliphatic heterocycles. The standard InChI is InChI=1S/C8H6BClO4/c10-7-5(8(11)12)2-1-4-3-14-9(13)6(4)7/h1-2,13H,3H2,(H,11,12). The summed E-state index contributed by atoms with van der Waals surface area (Å²) in [5.74, 6) is -1.11. The highest BCUT2D eigenvalue weighted by molar-refractivity contribution is 6.65. The van der Waals surface area contributed by atoms with Crippen molar-refractivity contribution in [1.29, 1.82) is 0 Å². The Morgan fingerprint density at radius 3 is 2.93 bits per heavy atom. The van der Waals surface area contributed by atoms with Crippen LogP contribution in [0.1, 0.15) is 15.9 Å². The largest absolute Gasteiger partial charge is 0.493 e. The Bertz CT molecular complexity index is 407. The zero-order valence-corrected chi connectivity index (χ0v) is 7.78. The Morgan fingerprint density at radius 2 is 2.29 bits per heavy atom. The van der Waals surface area contributed by atoms with Crippen molar-refractivity contribution in [1.82, 2.24) is 0 Å². The maximum absolute atomic E-state index is 10.7. The number of benzene rings is 1. The third-order valence-corrected chi connectivity index (χ3v) is 2.55. The Balaban J connectivity index is 2.61. The van der Waals surface area contributed by atoms with Gasteiger partial charge in [-0.15, -0.1) is 0 Å². The molecular formula is C8H6BClO4. The lowest BCUT2D eigenvalue weighted by Crippen LogP contribution is -2.30. The average Bonchev–Trinajstić information content (AvgIpc) is 2.48. The van der Waals surface area contributed by atoms with Gasteiger partial charge in [-0.05, 0) is 11.6 Å². The second-order valence-electron chi connectivity index (χ2n) is 2.97. The fraction of sp³-hybridized carbons (Fsp3) is 0.125. The summed E-state index contributed by atoms with van der Waals surface area (Å²) < 4.78 is 4.92. The van der Waals surface area contributed by atoms with Gasteiger partial charge in [0.25, 0.3) is 0 Å². The minimum absolute atomic E-state index is 0.0185. The van der Waals surface area contributed by atoms with E-state index < -0.39 is 13.1 Å². The molecule has 72 valence electrons. The van der Waals surface area contributed by atoms with E-state index in [-0.39, 0.29) is 17.2 Å². The Morgan fingerprint density at radius 1 is 1.57 bits per heavy atom. The number of aromatic carboxylic acids is 1. The first kappa shape index (κ1) is 9.52. The van der Waals surface area contributed by atoms with Crippen LogP contribution in [0.3, 0.4) is 0 Å². The topological polar surface area (TPSA) is 66.8 Å². The summed E-state index contributed by atoms with van der Waals surface area (Å²) in [5, 5.41) is 18.2. The molecule has 1 heterocycles. The van der Waals surface area contributed by atoms with E-state index in [2.05, 4.69) is 0 Å². The minimum Gasteiger partial charge on any atom is -0.478 e. The van der Waals surface area contributed by atoms with Gasteiger partial charge in [-0.1, -0.05) is 17.7 Å². The van der Waals surface area contributed by atoms with Crippen molar-refractivity contribution < 1.29 is 19.6 Å². The van der Waals surface area contributed by atoms with Crippen molar-refractivity contribution in [3.63, 3.8) is 0 Å². The van der Waals surface area contributed by atoms with Gasteiger partial charge in [0.15, 0.2) is 0 Å². The lowest BCUT2D eigenvalue weighted by molar-refractivity contribution is 0.0697. The summed E-state index contributed by atoms with van der Waals surface area (Å²) >= 11 is 5.82. The Kier molecular flexibility index (Phi) is 2.22. The molecule has 14 heavy (non-hydrogen) atoms. The van der Waals surface area contributed by atoms with Crippen LogP contribution in [0.2, 0.25) is 5.02 Å². The number of rotatable bonds is 1. The van der Waals surface area contributed by atoms with Crippen molar-refractivity contribution in [3.05, 3.63) is 28.3 Å². The molecule has 1 aliphatic rings. The van der Waals surface area contributed by atoms with Gasteiger partial charge in [0.05, 0.1) is 17.2 Å². The molecule has 0 atom stereocenters. The molecule has 0 spiro atoms. The predicted molar refractivity (Wildman–Crippen MR) is 50.8 cm³/mol. The van der Waals surface area contributed by atoms with Crippen LogP contribution in [0.15, 0.2) is 12.1 Å². The molecule has 0 saturated carbocycles. The number of carboxylic acids is 1. The fourth-order valence-electron chi connectivity index (χ4n) is 1.44. The van der Waals surface area contributed by atoms with Crippen molar-refractivity contribution in [2.75, 3.05) is 0 Å². The third-order valence-electron chi connectivity index (χ3n) is 2.14. The van der Waals surface area contributed by atoms with Crippen LogP contribution >= 0.6 is 11.6 Å². The molecule has 2 rings (SSSR count). The number of fused-ring (bicyclic) bond motifs is 1. The van der Waals surface area contributed by atoms with Crippen LogP contribution in [-0.2, 0) is 11.3 Å². The molecule has 0 radical (unpaired) electrons. The predicted octanol–water partition coefficient (Wildman–Crippen LogP) is 0.256. The van der Waals surface area contributed by atoms with Gasteiger partial charge in [-0.2, -0.15) is 0 Å². The molecule has 0 bridgehead atoms. The van der Waals surface area contributed by atoms with Crippen molar-refractivity contribution >= 4 is 30.2 Å². The van der Waals surface area contributed by atoms with Crippen LogP contribution in [0.5, 0.6) is 0 Å². The Labute approximate surface area is 85.2 Å². The van der Waals surface area contributed by atoms with E-state index in [0.717, 1.165) is 5.56 Å². The highest BCUT2D eigenvalue weighted by Crippen LogP contribution is 2.20. The molecule has 0 unspecified atom stereocenters. The fourth-order valence-corrected chi connectivity index (χ4v) is 1.80. The summed E-state index contributed by atoms with van der Waals surface area (Å²) in [5.41, 5.74) is 1.08. The van der Waals surface area contributed by atoms with Gasteiger partial charge >= 0.3 is 13.1 Å². The van der Waals surface area contributed by atoms with Crippen LogP contribution in [-0.4, -0.2) is 23.2 Å². The maximum atomic E-state index is 10.7. The lowest BCUT2D eigenvalue weighted by atomic mass is 9.78. The molecule has 0 saturated heterocycles. The van der Waals surface area contributed by atoms with E-state index in [9.17, 15) is 9.82 Å². The number of carboxylic acid groups (broad SMARTS) is 1. The van der Waals surface area contributed by atoms with Crippen LogP contribution in [0.25, 0.3) is 0 Å². The maximum Gasteiger partial charge on any atom is 0.493 e. The van der Waals surface area contributed by atoms with E-state index >= 15 is 0 Å². The number of hydrogen-bond acceptors (Lipinski definition) is 3. The number of carbonyl (C=O) groups is 1. The summed E-state index contributed by atoms with van der Waals surface area (Å²) in [6.07, 6.45) is 0. The van der Waals surface area contributed by atoms with Crippen molar-refractivity contribution in [2.24, 2.45) is 0 Å². The Hall–Kier alpha value is -1.04. The highest BCUT2D eigenvalue weighted by atomic mass is 35.5. The van der Waals surface area contributed by atoms with Crippen LogP contribution in [0, 0.1) is 0 Å². The first-order valence-corrected chi connectivity index (χ1v) is 4.33. The monoisotopic (exact) mass is 212 g/mol. The van der Waals surface area contributed by atoms with Gasteiger partial charge in [0, 0.05) is 5.46 Å². The van der Waals surface area contributed by atoms with E-state index in [1.54, 1.807) is 6.07 Å². The van der Waals surface area contributed by atoms with Gasteiger partial charge in [-0.3, -0.25) is 0 Å². The zero-order chi connectivity index (χ0) is 10.3. The van der Waals surface area contributed by atoms with Gasteiger partial charge < -0.3 is 14.8 Å². The van der Waals surface area contributed by atoms with E-state index in [1.807, 2.05) is 0 Å². The van der Waals surface area contributed by atoms with Gasteiger partial charge in [0.2, 0.25) is 0 Å². The molecule has 1 aromatic rings. The molecule has 4 nitrogen and oxygen atoms in total. The molecule has 0 aliphatic carbocycles.